The van der Waals surface area contributed by atoms with Gasteiger partial charge in [0.1, 0.15) is 16.4 Å². The number of furan rings is 1. The second-order valence-electron chi connectivity index (χ2n) is 5.94. The molecular weight excluding hydrogens is 380 g/mol. The monoisotopic (exact) mass is 398 g/mol. The number of hydrogen-bond donors (Lipinski definition) is 1. The Balaban J connectivity index is 1.88. The van der Waals surface area contributed by atoms with E-state index in [-0.39, 0.29) is 28.9 Å². The molecule has 1 fully saturated rings. The Morgan fingerprint density at radius 1 is 1.19 bits per heavy atom. The fourth-order valence-electron chi connectivity index (χ4n) is 2.76. The summed E-state index contributed by atoms with van der Waals surface area (Å²) >= 11 is 6.12. The molecule has 0 unspecified atom stereocenters. The first-order valence-corrected chi connectivity index (χ1v) is 9.86. The molecule has 7 nitrogen and oxygen atoms in total. The zero-order valence-corrected chi connectivity index (χ0v) is 16.0. The maximum Gasteiger partial charge on any atom is 0.259 e. The second kappa shape index (κ2) is 7.40. The van der Waals surface area contributed by atoms with Crippen LogP contribution >= 0.6 is 11.6 Å². The summed E-state index contributed by atoms with van der Waals surface area (Å²) in [7, 11) is -3.77. The van der Waals surface area contributed by atoms with Crippen molar-refractivity contribution in [2.75, 3.05) is 31.6 Å². The SMILES string of the molecule is Cc1cc(C(=O)Nc2ccc(Cl)c(S(=O)(=O)N3CCOCC3)c2)c(C)o1. The minimum atomic E-state index is -3.77. The molecule has 26 heavy (non-hydrogen) atoms. The molecule has 1 saturated heterocycles. The highest BCUT2D eigenvalue weighted by atomic mass is 35.5. The number of anilines is 1. The highest BCUT2D eigenvalue weighted by Gasteiger charge is 2.28. The van der Waals surface area contributed by atoms with Crippen LogP contribution in [0.1, 0.15) is 21.9 Å². The molecule has 1 N–H and O–H groups in total. The van der Waals surface area contributed by atoms with Crippen molar-refractivity contribution in [2.24, 2.45) is 0 Å². The lowest BCUT2D eigenvalue weighted by atomic mass is 10.2. The number of hydrogen-bond acceptors (Lipinski definition) is 5. The van der Waals surface area contributed by atoms with Crippen LogP contribution < -0.4 is 5.32 Å². The molecule has 0 saturated carbocycles. The predicted octanol–water partition coefficient (Wildman–Crippen LogP) is 2.82. The van der Waals surface area contributed by atoms with Crippen LogP contribution in [0, 0.1) is 13.8 Å². The molecule has 1 aliphatic heterocycles. The average molecular weight is 399 g/mol. The normalized spacial score (nSPS) is 15.8. The fraction of sp³-hybridized carbons (Fsp3) is 0.353. The van der Waals surface area contributed by atoms with Crippen LogP contribution in [0.4, 0.5) is 5.69 Å². The van der Waals surface area contributed by atoms with Gasteiger partial charge < -0.3 is 14.5 Å². The van der Waals surface area contributed by atoms with Gasteiger partial charge in [0, 0.05) is 18.8 Å². The van der Waals surface area contributed by atoms with Gasteiger partial charge in [0.05, 0.1) is 23.8 Å². The maximum atomic E-state index is 12.8. The molecule has 2 aromatic rings. The van der Waals surface area contributed by atoms with Gasteiger partial charge in [0.2, 0.25) is 10.0 Å². The van der Waals surface area contributed by atoms with Crippen molar-refractivity contribution in [3.8, 4) is 0 Å². The Morgan fingerprint density at radius 2 is 1.88 bits per heavy atom. The Kier molecular flexibility index (Phi) is 5.38. The number of benzene rings is 1. The zero-order valence-electron chi connectivity index (χ0n) is 14.4. The molecular formula is C17H19ClN2O5S. The molecule has 9 heteroatoms. The van der Waals surface area contributed by atoms with Crippen LogP contribution in [0.2, 0.25) is 5.02 Å². The lowest BCUT2D eigenvalue weighted by Gasteiger charge is -2.26. The van der Waals surface area contributed by atoms with Crippen LogP contribution in [0.25, 0.3) is 0 Å². The minimum absolute atomic E-state index is 0.0426. The molecule has 1 aromatic heterocycles. The summed E-state index contributed by atoms with van der Waals surface area (Å²) in [6, 6.07) is 6.01. The predicted molar refractivity (Wildman–Crippen MR) is 97.2 cm³/mol. The van der Waals surface area contributed by atoms with E-state index in [0.29, 0.717) is 36.0 Å². The Morgan fingerprint density at radius 3 is 2.50 bits per heavy atom. The van der Waals surface area contributed by atoms with E-state index in [1.807, 2.05) is 0 Å². The number of ether oxygens (including phenoxy) is 1. The molecule has 0 atom stereocenters. The molecule has 140 valence electrons. The van der Waals surface area contributed by atoms with Gasteiger partial charge in [-0.1, -0.05) is 11.6 Å². The van der Waals surface area contributed by atoms with Gasteiger partial charge in [-0.05, 0) is 38.1 Å². The highest BCUT2D eigenvalue weighted by Crippen LogP contribution is 2.28. The van der Waals surface area contributed by atoms with Crippen LogP contribution in [0.15, 0.2) is 33.6 Å². The topological polar surface area (TPSA) is 88.9 Å². The van der Waals surface area contributed by atoms with Gasteiger partial charge in [0.15, 0.2) is 0 Å². The van der Waals surface area contributed by atoms with E-state index in [0.717, 1.165) is 0 Å². The van der Waals surface area contributed by atoms with Crippen molar-refractivity contribution in [1.82, 2.24) is 4.31 Å². The number of nitrogens with one attached hydrogen (secondary N) is 1. The highest BCUT2D eigenvalue weighted by molar-refractivity contribution is 7.89. The number of rotatable bonds is 4. The Labute approximate surface area is 156 Å². The van der Waals surface area contributed by atoms with E-state index >= 15 is 0 Å². The number of carbonyl (C=O) groups excluding carboxylic acids is 1. The van der Waals surface area contributed by atoms with Crippen LogP contribution in [-0.2, 0) is 14.8 Å². The van der Waals surface area contributed by atoms with Crippen molar-refractivity contribution in [3.63, 3.8) is 0 Å². The standard InChI is InChI=1S/C17H19ClN2O5S/c1-11-9-14(12(2)25-11)17(21)19-13-3-4-15(18)16(10-13)26(22,23)20-5-7-24-8-6-20/h3-4,9-10H,5-8H2,1-2H3,(H,19,21). The van der Waals surface area contributed by atoms with Crippen molar-refractivity contribution >= 4 is 33.2 Å². The summed E-state index contributed by atoms with van der Waals surface area (Å²) in [6.07, 6.45) is 0. The summed E-state index contributed by atoms with van der Waals surface area (Å²) in [5, 5.41) is 2.79. The Bertz CT molecular complexity index is 933. The van der Waals surface area contributed by atoms with Crippen molar-refractivity contribution in [3.05, 3.63) is 46.4 Å². The summed E-state index contributed by atoms with van der Waals surface area (Å²) < 4.78 is 37.5. The molecule has 2 heterocycles. The van der Waals surface area contributed by atoms with E-state index in [1.165, 1.54) is 16.4 Å². The molecule has 0 bridgehead atoms. The summed E-state index contributed by atoms with van der Waals surface area (Å²) in [5.41, 5.74) is 0.736. The largest absolute Gasteiger partial charge is 0.466 e. The van der Waals surface area contributed by atoms with Crippen LogP contribution in [0.5, 0.6) is 0 Å². The van der Waals surface area contributed by atoms with Gasteiger partial charge in [-0.3, -0.25) is 4.79 Å². The molecule has 0 radical (unpaired) electrons. The van der Waals surface area contributed by atoms with E-state index in [2.05, 4.69) is 5.32 Å². The number of halogens is 1. The molecule has 1 amide bonds. The third-order valence-corrected chi connectivity index (χ3v) is 6.44. The van der Waals surface area contributed by atoms with Crippen molar-refractivity contribution in [2.45, 2.75) is 18.7 Å². The number of nitrogens with zero attached hydrogens (tertiary/aromatic N) is 1. The van der Waals surface area contributed by atoms with E-state index in [1.54, 1.807) is 26.0 Å². The maximum absolute atomic E-state index is 12.8. The smallest absolute Gasteiger partial charge is 0.259 e. The first-order chi connectivity index (χ1) is 12.3. The van der Waals surface area contributed by atoms with Gasteiger partial charge >= 0.3 is 0 Å². The molecule has 1 aliphatic rings. The molecule has 3 rings (SSSR count). The number of carbonyl (C=O) groups is 1. The number of aryl methyl sites for hydroxylation is 2. The van der Waals surface area contributed by atoms with E-state index in [4.69, 9.17) is 20.8 Å². The zero-order chi connectivity index (χ0) is 18.9. The molecule has 0 aliphatic carbocycles. The lowest BCUT2D eigenvalue weighted by Crippen LogP contribution is -2.40. The summed E-state index contributed by atoms with van der Waals surface area (Å²) in [4.78, 5) is 12.4. The average Bonchev–Trinajstić information content (AvgIpc) is 2.95. The van der Waals surface area contributed by atoms with Crippen molar-refractivity contribution < 1.29 is 22.4 Å². The first kappa shape index (κ1) is 18.9. The number of morpholine rings is 1. The minimum Gasteiger partial charge on any atom is -0.466 e. The van der Waals surface area contributed by atoms with Gasteiger partial charge in [-0.25, -0.2) is 8.42 Å². The Hall–Kier alpha value is -1.87. The van der Waals surface area contributed by atoms with Crippen molar-refractivity contribution in [1.29, 1.82) is 0 Å². The second-order valence-corrected chi connectivity index (χ2v) is 8.26. The van der Waals surface area contributed by atoms with Crippen LogP contribution in [-0.4, -0.2) is 44.9 Å². The van der Waals surface area contributed by atoms with Crippen LogP contribution in [0.3, 0.4) is 0 Å². The molecule has 0 spiro atoms. The summed E-state index contributed by atoms with van der Waals surface area (Å²) in [6.45, 7) is 4.65. The van der Waals surface area contributed by atoms with Gasteiger partial charge in [0.25, 0.3) is 5.91 Å². The number of amides is 1. The van der Waals surface area contributed by atoms with E-state index < -0.39 is 10.0 Å². The third-order valence-electron chi connectivity index (χ3n) is 4.06. The molecule has 1 aromatic carbocycles. The third kappa shape index (κ3) is 3.78. The fourth-order valence-corrected chi connectivity index (χ4v) is 4.67. The van der Waals surface area contributed by atoms with Gasteiger partial charge in [-0.15, -0.1) is 0 Å². The lowest BCUT2D eigenvalue weighted by molar-refractivity contribution is 0.0730. The quantitative estimate of drug-likeness (QED) is 0.855. The summed E-state index contributed by atoms with van der Waals surface area (Å²) in [5.74, 6) is 0.742. The first-order valence-electron chi connectivity index (χ1n) is 8.05. The number of sulfonamides is 1. The van der Waals surface area contributed by atoms with Gasteiger partial charge in [-0.2, -0.15) is 4.31 Å². The van der Waals surface area contributed by atoms with E-state index in [9.17, 15) is 13.2 Å².